The molecule has 0 aliphatic heterocycles. The first kappa shape index (κ1) is 16.9. The third-order valence-electron chi connectivity index (χ3n) is 5.81. The van der Waals surface area contributed by atoms with Crippen molar-refractivity contribution in [2.24, 2.45) is 16.7 Å². The topological polar surface area (TPSA) is 74.0 Å². The average molecular weight is 307 g/mol. The first-order valence-corrected chi connectivity index (χ1v) is 7.68. The van der Waals surface area contributed by atoms with Crippen LogP contribution in [0.3, 0.4) is 0 Å². The van der Waals surface area contributed by atoms with Crippen molar-refractivity contribution in [2.75, 3.05) is 6.61 Å². The maximum absolute atomic E-state index is 12.1. The van der Waals surface area contributed by atoms with Gasteiger partial charge in [-0.2, -0.15) is 5.23 Å². The van der Waals surface area contributed by atoms with Gasteiger partial charge in [0.2, 0.25) is 0 Å². The zero-order valence-electron chi connectivity index (χ0n) is 13.7. The fraction of sp³-hybridized carbons (Fsp3) is 0.588. The van der Waals surface area contributed by atoms with Gasteiger partial charge >= 0.3 is 5.97 Å². The average Bonchev–Trinajstić information content (AvgIpc) is 2.69. The number of carbonyl (C=O) groups is 1. The Hall–Kier alpha value is -1.43. The Morgan fingerprint density at radius 1 is 1.36 bits per heavy atom. The number of carbonyl (C=O) groups excluding carboxylic acids is 1. The molecule has 1 aromatic rings. The fourth-order valence-corrected chi connectivity index (χ4v) is 3.13. The van der Waals surface area contributed by atoms with Crippen LogP contribution in [0.5, 0.6) is 0 Å². The van der Waals surface area contributed by atoms with Crippen molar-refractivity contribution in [1.82, 2.24) is 0 Å². The standard InChI is InChI=1S/C17H25NO4/c1-12-9-10-17(4,16(12,2)3)11-22-15(19)13-5-7-14(8-6-13)18(20)21/h5-8,12,18,20H,9-11H2,1-4H3/t12-,17-/m0/s1. The number of esters is 1. The minimum atomic E-state index is -1.01. The van der Waals surface area contributed by atoms with Crippen LogP contribution in [0.1, 0.15) is 50.9 Å². The van der Waals surface area contributed by atoms with Crippen LogP contribution in [-0.2, 0) is 4.74 Å². The molecule has 5 nitrogen and oxygen atoms in total. The maximum Gasteiger partial charge on any atom is 0.338 e. The van der Waals surface area contributed by atoms with E-state index in [1.54, 1.807) is 0 Å². The number of nitrogens with one attached hydrogen (secondary N) is 1. The van der Waals surface area contributed by atoms with Gasteiger partial charge in [0.05, 0.1) is 12.2 Å². The van der Waals surface area contributed by atoms with E-state index in [1.807, 2.05) is 0 Å². The maximum atomic E-state index is 12.1. The second kappa shape index (κ2) is 5.99. The Bertz CT molecular complexity index is 538. The molecule has 2 N–H and O–H groups in total. The van der Waals surface area contributed by atoms with Crippen molar-refractivity contribution in [3.05, 3.63) is 35.0 Å². The summed E-state index contributed by atoms with van der Waals surface area (Å²) in [7, 11) is 0. The summed E-state index contributed by atoms with van der Waals surface area (Å²) in [4.78, 5) is 12.1. The summed E-state index contributed by atoms with van der Waals surface area (Å²) in [6.45, 7) is 9.29. The first-order valence-electron chi connectivity index (χ1n) is 7.68. The summed E-state index contributed by atoms with van der Waals surface area (Å²) in [6, 6.07) is 5.83. The molecule has 0 saturated heterocycles. The molecule has 0 bridgehead atoms. The van der Waals surface area contributed by atoms with E-state index >= 15 is 0 Å². The van der Waals surface area contributed by atoms with Crippen LogP contribution in [0.2, 0.25) is 0 Å². The fourth-order valence-electron chi connectivity index (χ4n) is 3.13. The van der Waals surface area contributed by atoms with E-state index in [0.29, 0.717) is 18.1 Å². The SMILES string of the molecule is C[C@H]1CC[C@@](C)(COC(=O)c2ccc([NH+]([O-])O)cc2)C1(C)C. The molecule has 1 unspecified atom stereocenters. The van der Waals surface area contributed by atoms with E-state index in [1.165, 1.54) is 24.3 Å². The van der Waals surface area contributed by atoms with Crippen LogP contribution in [0.15, 0.2) is 24.3 Å². The predicted octanol–water partition coefficient (Wildman–Crippen LogP) is 2.71. The van der Waals surface area contributed by atoms with Gasteiger partial charge in [0.1, 0.15) is 0 Å². The molecule has 1 aliphatic rings. The Labute approximate surface area is 131 Å². The molecule has 22 heavy (non-hydrogen) atoms. The second-order valence-corrected chi connectivity index (χ2v) is 7.18. The van der Waals surface area contributed by atoms with Gasteiger partial charge in [-0.25, -0.2) is 10.0 Å². The Morgan fingerprint density at radius 3 is 2.41 bits per heavy atom. The van der Waals surface area contributed by atoms with Gasteiger partial charge in [0.25, 0.3) is 0 Å². The van der Waals surface area contributed by atoms with E-state index in [9.17, 15) is 10.0 Å². The van der Waals surface area contributed by atoms with Gasteiger partial charge in [-0.1, -0.05) is 27.7 Å². The largest absolute Gasteiger partial charge is 0.595 e. The Balaban J connectivity index is 2.01. The van der Waals surface area contributed by atoms with Crippen LogP contribution < -0.4 is 5.23 Å². The lowest BCUT2D eigenvalue weighted by molar-refractivity contribution is -0.991. The summed E-state index contributed by atoms with van der Waals surface area (Å²) in [6.07, 6.45) is 2.20. The molecular formula is C17H25NO4. The number of rotatable bonds is 4. The van der Waals surface area contributed by atoms with Crippen molar-refractivity contribution >= 4 is 11.7 Å². The van der Waals surface area contributed by atoms with Gasteiger partial charge in [0.15, 0.2) is 5.69 Å². The summed E-state index contributed by atoms with van der Waals surface area (Å²) < 4.78 is 5.51. The van der Waals surface area contributed by atoms with E-state index in [-0.39, 0.29) is 16.5 Å². The molecule has 0 heterocycles. The lowest BCUT2D eigenvalue weighted by Crippen LogP contribution is -2.99. The second-order valence-electron chi connectivity index (χ2n) is 7.18. The monoisotopic (exact) mass is 307 g/mol. The molecule has 0 aromatic heterocycles. The molecule has 0 spiro atoms. The van der Waals surface area contributed by atoms with E-state index in [4.69, 9.17) is 9.94 Å². The Kier molecular flexibility index (Phi) is 4.61. The molecule has 5 heteroatoms. The highest BCUT2D eigenvalue weighted by molar-refractivity contribution is 5.89. The molecule has 0 amide bonds. The minimum Gasteiger partial charge on any atom is -0.595 e. The lowest BCUT2D eigenvalue weighted by Gasteiger charge is -2.40. The number of quaternary nitrogens is 1. The van der Waals surface area contributed by atoms with Crippen molar-refractivity contribution in [2.45, 2.75) is 40.5 Å². The predicted molar refractivity (Wildman–Crippen MR) is 82.8 cm³/mol. The van der Waals surface area contributed by atoms with Gasteiger partial charge in [-0.3, -0.25) is 0 Å². The van der Waals surface area contributed by atoms with Gasteiger partial charge in [0, 0.05) is 17.5 Å². The third kappa shape index (κ3) is 3.02. The van der Waals surface area contributed by atoms with E-state index in [2.05, 4.69) is 27.7 Å². The smallest absolute Gasteiger partial charge is 0.338 e. The summed E-state index contributed by atoms with van der Waals surface area (Å²) in [5, 5.41) is 18.7. The molecule has 1 saturated carbocycles. The van der Waals surface area contributed by atoms with Crippen LogP contribution >= 0.6 is 0 Å². The molecule has 1 fully saturated rings. The number of ether oxygens (including phenoxy) is 1. The van der Waals surface area contributed by atoms with Gasteiger partial charge in [-0.15, -0.1) is 0 Å². The lowest BCUT2D eigenvalue weighted by atomic mass is 9.66. The summed E-state index contributed by atoms with van der Waals surface area (Å²) >= 11 is 0. The zero-order valence-corrected chi connectivity index (χ0v) is 13.7. The normalized spacial score (nSPS) is 28.4. The first-order chi connectivity index (χ1) is 10.2. The molecule has 1 aliphatic carbocycles. The number of benzene rings is 1. The molecule has 2 rings (SSSR count). The van der Waals surface area contributed by atoms with Crippen LogP contribution in [0, 0.1) is 22.0 Å². The van der Waals surface area contributed by atoms with Crippen molar-refractivity contribution in [3.63, 3.8) is 0 Å². The van der Waals surface area contributed by atoms with Crippen molar-refractivity contribution in [3.8, 4) is 0 Å². The minimum absolute atomic E-state index is 0.0247. The molecule has 0 radical (unpaired) electrons. The van der Waals surface area contributed by atoms with E-state index in [0.717, 1.165) is 12.8 Å². The summed E-state index contributed by atoms with van der Waals surface area (Å²) in [5.74, 6) is 0.208. The van der Waals surface area contributed by atoms with Crippen LogP contribution in [0.25, 0.3) is 0 Å². The van der Waals surface area contributed by atoms with E-state index < -0.39 is 11.2 Å². The van der Waals surface area contributed by atoms with Crippen molar-refractivity contribution < 1.29 is 20.0 Å². The molecule has 3 atom stereocenters. The molecular weight excluding hydrogens is 282 g/mol. The molecule has 122 valence electrons. The highest BCUT2D eigenvalue weighted by Crippen LogP contribution is 2.55. The molecule has 1 aromatic carbocycles. The summed E-state index contributed by atoms with van der Waals surface area (Å²) in [5.41, 5.74) is 0.649. The van der Waals surface area contributed by atoms with Gasteiger partial charge in [-0.05, 0) is 36.3 Å². The van der Waals surface area contributed by atoms with Gasteiger partial charge < -0.3 is 9.94 Å². The zero-order chi connectivity index (χ0) is 16.5. The Morgan fingerprint density at radius 2 is 1.95 bits per heavy atom. The van der Waals surface area contributed by atoms with Crippen LogP contribution in [-0.4, -0.2) is 17.8 Å². The highest BCUT2D eigenvalue weighted by Gasteiger charge is 2.50. The highest BCUT2D eigenvalue weighted by atomic mass is 16.8. The quantitative estimate of drug-likeness (QED) is 0.662. The van der Waals surface area contributed by atoms with Crippen LogP contribution in [0.4, 0.5) is 5.69 Å². The number of hydrogen-bond donors (Lipinski definition) is 2. The number of hydrogen-bond acceptors (Lipinski definition) is 4. The third-order valence-corrected chi connectivity index (χ3v) is 5.81. The van der Waals surface area contributed by atoms with Crippen molar-refractivity contribution in [1.29, 1.82) is 0 Å².